The van der Waals surface area contributed by atoms with E-state index in [0.29, 0.717) is 17.5 Å². The molecule has 3 atom stereocenters. The first-order chi connectivity index (χ1) is 8.25. The molecule has 1 N–H and O–H groups in total. The summed E-state index contributed by atoms with van der Waals surface area (Å²) in [5.74, 6) is 0.646. The van der Waals surface area contributed by atoms with Crippen LogP contribution in [-0.4, -0.2) is 11.1 Å². The van der Waals surface area contributed by atoms with Gasteiger partial charge in [0.05, 0.1) is 5.69 Å². The molecule has 0 saturated heterocycles. The molecule has 0 heterocycles. The van der Waals surface area contributed by atoms with Crippen LogP contribution in [0.3, 0.4) is 0 Å². The number of allylic oxidation sites excluding steroid dienone is 2. The first-order valence-electron chi connectivity index (χ1n) is 6.02. The number of hydroxylamine groups is 1. The summed E-state index contributed by atoms with van der Waals surface area (Å²) in [6.45, 7) is 0. The Morgan fingerprint density at radius 1 is 1.18 bits per heavy atom. The highest BCUT2D eigenvalue weighted by Gasteiger charge is 2.41. The molecule has 88 valence electrons. The van der Waals surface area contributed by atoms with Gasteiger partial charge in [-0.25, -0.2) is 0 Å². The Morgan fingerprint density at radius 3 is 2.53 bits per heavy atom. The van der Waals surface area contributed by atoms with Gasteiger partial charge in [-0.15, -0.1) is 0 Å². The van der Waals surface area contributed by atoms with Crippen LogP contribution in [0.25, 0.3) is 0 Å². The Hall–Kier alpha value is -1.61. The van der Waals surface area contributed by atoms with Crippen LogP contribution in [0.5, 0.6) is 0 Å². The Morgan fingerprint density at radius 2 is 1.94 bits per heavy atom. The third-order valence-electron chi connectivity index (χ3n) is 3.81. The van der Waals surface area contributed by atoms with Gasteiger partial charge in [0.2, 0.25) is 0 Å². The summed E-state index contributed by atoms with van der Waals surface area (Å²) in [6, 6.07) is 8.96. The topological polar surface area (TPSA) is 40.5 Å². The van der Waals surface area contributed by atoms with Crippen LogP contribution >= 0.6 is 0 Å². The number of carbonyl (C=O) groups is 1. The van der Waals surface area contributed by atoms with E-state index in [1.165, 1.54) is 0 Å². The summed E-state index contributed by atoms with van der Waals surface area (Å²) < 4.78 is 0. The molecule has 1 fully saturated rings. The number of hydrogen-bond donors (Lipinski definition) is 1. The number of rotatable bonds is 2. The summed E-state index contributed by atoms with van der Waals surface area (Å²) in [5.41, 5.74) is 0.546. The van der Waals surface area contributed by atoms with Crippen LogP contribution in [0, 0.1) is 17.8 Å². The number of hydrogen-bond acceptors (Lipinski definition) is 2. The highest BCUT2D eigenvalue weighted by atomic mass is 16.5. The highest BCUT2D eigenvalue weighted by Crippen LogP contribution is 2.44. The van der Waals surface area contributed by atoms with Gasteiger partial charge in [-0.3, -0.25) is 10.0 Å². The molecule has 1 saturated carbocycles. The highest BCUT2D eigenvalue weighted by molar-refractivity contribution is 5.93. The molecule has 2 aliphatic carbocycles. The standard InChI is InChI=1S/C14H15NO2/c16-14(13-9-10-6-7-11(13)8-10)15(17)12-4-2-1-3-5-12/h1-7,10-11,13,17H,8-9H2/t10-,11+,13-/m1/s1. The van der Waals surface area contributed by atoms with E-state index in [2.05, 4.69) is 12.2 Å². The minimum Gasteiger partial charge on any atom is -0.281 e. The molecule has 3 heteroatoms. The molecule has 1 aromatic carbocycles. The van der Waals surface area contributed by atoms with Crippen LogP contribution in [0.1, 0.15) is 12.8 Å². The van der Waals surface area contributed by atoms with E-state index in [4.69, 9.17) is 0 Å². The SMILES string of the molecule is O=C([C@@H]1C[C@@H]2C=C[C@H]1C2)N(O)c1ccccc1. The molecule has 0 aliphatic heterocycles. The summed E-state index contributed by atoms with van der Waals surface area (Å²) in [7, 11) is 0. The Balaban J connectivity index is 1.77. The molecule has 17 heavy (non-hydrogen) atoms. The number of fused-ring (bicyclic) bond motifs is 2. The van der Waals surface area contributed by atoms with E-state index in [1.807, 2.05) is 18.2 Å². The predicted molar refractivity (Wildman–Crippen MR) is 64.6 cm³/mol. The van der Waals surface area contributed by atoms with Gasteiger partial charge in [-0.1, -0.05) is 30.4 Å². The molecule has 1 aromatic rings. The van der Waals surface area contributed by atoms with E-state index in [1.54, 1.807) is 12.1 Å². The van der Waals surface area contributed by atoms with Crippen molar-refractivity contribution in [3.8, 4) is 0 Å². The summed E-state index contributed by atoms with van der Waals surface area (Å²) >= 11 is 0. The molecule has 0 radical (unpaired) electrons. The van der Waals surface area contributed by atoms with Gasteiger partial charge in [-0.2, -0.15) is 5.06 Å². The molecule has 1 amide bonds. The van der Waals surface area contributed by atoms with Crippen LogP contribution in [0.2, 0.25) is 0 Å². The van der Waals surface area contributed by atoms with E-state index in [0.717, 1.165) is 17.9 Å². The van der Waals surface area contributed by atoms with Crippen molar-refractivity contribution in [2.45, 2.75) is 12.8 Å². The van der Waals surface area contributed by atoms with Gasteiger partial charge < -0.3 is 0 Å². The molecule has 0 aromatic heterocycles. The Labute approximate surface area is 100 Å². The lowest BCUT2D eigenvalue weighted by molar-refractivity contribution is -0.128. The maximum Gasteiger partial charge on any atom is 0.254 e. The number of benzene rings is 1. The van der Waals surface area contributed by atoms with E-state index in [-0.39, 0.29) is 11.8 Å². The maximum atomic E-state index is 12.2. The van der Waals surface area contributed by atoms with Crippen LogP contribution in [0.4, 0.5) is 5.69 Å². The minimum atomic E-state index is -0.173. The fraction of sp³-hybridized carbons (Fsp3) is 0.357. The van der Waals surface area contributed by atoms with E-state index in [9.17, 15) is 10.0 Å². The van der Waals surface area contributed by atoms with Gasteiger partial charge in [-0.05, 0) is 36.8 Å². The van der Waals surface area contributed by atoms with E-state index < -0.39 is 0 Å². The molecule has 2 bridgehead atoms. The lowest BCUT2D eigenvalue weighted by atomic mass is 9.92. The first-order valence-corrected chi connectivity index (χ1v) is 6.02. The van der Waals surface area contributed by atoms with E-state index >= 15 is 0 Å². The molecular weight excluding hydrogens is 214 g/mol. The summed E-state index contributed by atoms with van der Waals surface area (Å²) in [5, 5.41) is 10.7. The third kappa shape index (κ3) is 1.76. The van der Waals surface area contributed by atoms with Gasteiger partial charge in [0.15, 0.2) is 0 Å². The molecule has 0 spiro atoms. The molecule has 3 rings (SSSR count). The number of carbonyl (C=O) groups excluding carboxylic acids is 1. The minimum absolute atomic E-state index is 0.0461. The normalized spacial score (nSPS) is 29.6. The number of nitrogens with zero attached hydrogens (tertiary/aromatic N) is 1. The molecule has 3 nitrogen and oxygen atoms in total. The zero-order valence-corrected chi connectivity index (χ0v) is 9.49. The smallest absolute Gasteiger partial charge is 0.254 e. The monoisotopic (exact) mass is 229 g/mol. The second kappa shape index (κ2) is 4.00. The first kappa shape index (κ1) is 10.5. The van der Waals surface area contributed by atoms with Crippen molar-refractivity contribution in [2.24, 2.45) is 17.8 Å². The maximum absolute atomic E-state index is 12.2. The fourth-order valence-corrected chi connectivity index (χ4v) is 2.92. The van der Waals surface area contributed by atoms with Gasteiger partial charge in [0, 0.05) is 5.92 Å². The van der Waals surface area contributed by atoms with Crippen LogP contribution in [0.15, 0.2) is 42.5 Å². The molecule has 2 aliphatic rings. The number of amides is 1. The van der Waals surface area contributed by atoms with Crippen molar-refractivity contribution in [3.63, 3.8) is 0 Å². The predicted octanol–water partition coefficient (Wildman–Crippen LogP) is 2.62. The zero-order valence-electron chi connectivity index (χ0n) is 9.49. The fourth-order valence-electron chi connectivity index (χ4n) is 2.92. The van der Waals surface area contributed by atoms with Gasteiger partial charge in [0.25, 0.3) is 5.91 Å². The summed E-state index contributed by atoms with van der Waals surface area (Å²) in [4.78, 5) is 12.2. The van der Waals surface area contributed by atoms with Crippen molar-refractivity contribution in [1.29, 1.82) is 0 Å². The van der Waals surface area contributed by atoms with Gasteiger partial charge in [0.1, 0.15) is 0 Å². The quantitative estimate of drug-likeness (QED) is 0.481. The second-order valence-corrected chi connectivity index (χ2v) is 4.87. The lowest BCUT2D eigenvalue weighted by Crippen LogP contribution is -2.35. The van der Waals surface area contributed by atoms with Crippen molar-refractivity contribution in [2.75, 3.05) is 5.06 Å². The van der Waals surface area contributed by atoms with Crippen molar-refractivity contribution in [3.05, 3.63) is 42.5 Å². The van der Waals surface area contributed by atoms with Crippen LogP contribution in [-0.2, 0) is 4.79 Å². The van der Waals surface area contributed by atoms with Crippen LogP contribution < -0.4 is 5.06 Å². The average Bonchev–Trinajstić information content (AvgIpc) is 3.00. The summed E-state index contributed by atoms with van der Waals surface area (Å²) in [6.07, 6.45) is 6.26. The van der Waals surface area contributed by atoms with Crippen molar-refractivity contribution >= 4 is 11.6 Å². The van der Waals surface area contributed by atoms with Crippen molar-refractivity contribution in [1.82, 2.24) is 0 Å². The van der Waals surface area contributed by atoms with Gasteiger partial charge >= 0.3 is 0 Å². The van der Waals surface area contributed by atoms with Crippen molar-refractivity contribution < 1.29 is 10.0 Å². The Bertz CT molecular complexity index is 455. The molecular formula is C14H15NO2. The lowest BCUT2D eigenvalue weighted by Gasteiger charge is -2.22. The zero-order chi connectivity index (χ0) is 11.8. The Kier molecular flexibility index (Phi) is 2.48. The molecule has 0 unspecified atom stereocenters. The average molecular weight is 229 g/mol. The third-order valence-corrected chi connectivity index (χ3v) is 3.81. The number of para-hydroxylation sites is 1. The number of anilines is 1. The largest absolute Gasteiger partial charge is 0.281 e. The second-order valence-electron chi connectivity index (χ2n) is 4.87.